The second-order valence-corrected chi connectivity index (χ2v) is 8.03. The summed E-state index contributed by atoms with van der Waals surface area (Å²) in [5.41, 5.74) is -1.02. The van der Waals surface area contributed by atoms with Crippen molar-refractivity contribution in [1.82, 2.24) is 14.8 Å². The van der Waals surface area contributed by atoms with Gasteiger partial charge in [0, 0.05) is 12.2 Å². The fourth-order valence-corrected chi connectivity index (χ4v) is 5.26. The number of nitrogens with zero attached hydrogens (tertiary/aromatic N) is 3. The Morgan fingerprint density at radius 2 is 1.85 bits per heavy atom. The van der Waals surface area contributed by atoms with E-state index < -0.39 is 17.3 Å². The van der Waals surface area contributed by atoms with Gasteiger partial charge in [-0.3, -0.25) is 4.79 Å². The number of rotatable bonds is 3. The molecule has 3 aliphatic rings. The van der Waals surface area contributed by atoms with E-state index in [2.05, 4.69) is 15.4 Å². The molecule has 142 valence electrons. The average molecular weight is 397 g/mol. The van der Waals surface area contributed by atoms with Gasteiger partial charge in [-0.25, -0.2) is 4.98 Å². The van der Waals surface area contributed by atoms with Gasteiger partial charge in [0.25, 0.3) is 5.56 Å². The second kappa shape index (κ2) is 5.70. The maximum atomic E-state index is 12.6. The van der Waals surface area contributed by atoms with Crippen LogP contribution in [0.5, 0.6) is 0 Å². The summed E-state index contributed by atoms with van der Waals surface area (Å²) in [5, 5.41) is 7.38. The van der Waals surface area contributed by atoms with E-state index in [9.17, 15) is 18.0 Å². The topological polar surface area (TPSA) is 59.8 Å². The Morgan fingerprint density at radius 1 is 1.15 bits per heavy atom. The van der Waals surface area contributed by atoms with Crippen molar-refractivity contribution < 1.29 is 13.2 Å². The Morgan fingerprint density at radius 3 is 2.44 bits per heavy atom. The molecule has 0 aromatic carbocycles. The predicted molar refractivity (Wildman–Crippen MR) is 92.9 cm³/mol. The molecule has 0 amide bonds. The lowest BCUT2D eigenvalue weighted by Crippen LogP contribution is -2.25. The van der Waals surface area contributed by atoms with E-state index in [4.69, 9.17) is 11.6 Å². The monoisotopic (exact) mass is 396 g/mol. The zero-order valence-corrected chi connectivity index (χ0v) is 14.8. The van der Waals surface area contributed by atoms with Crippen LogP contribution in [0.2, 0.25) is 5.02 Å². The van der Waals surface area contributed by atoms with E-state index in [1.807, 2.05) is 0 Å². The van der Waals surface area contributed by atoms with Crippen LogP contribution in [0.4, 0.5) is 18.9 Å². The molecule has 0 saturated heterocycles. The highest BCUT2D eigenvalue weighted by Gasteiger charge is 2.65. The molecule has 27 heavy (non-hydrogen) atoms. The van der Waals surface area contributed by atoms with E-state index in [0.29, 0.717) is 29.8 Å². The quantitative estimate of drug-likeness (QED) is 0.858. The molecule has 0 aliphatic heterocycles. The highest BCUT2D eigenvalue weighted by atomic mass is 35.5. The molecule has 4 atom stereocenters. The third kappa shape index (κ3) is 2.64. The Hall–Kier alpha value is -2.09. The summed E-state index contributed by atoms with van der Waals surface area (Å²) < 4.78 is 38.9. The minimum atomic E-state index is -4.49. The van der Waals surface area contributed by atoms with Crippen LogP contribution in [0.1, 0.15) is 24.8 Å². The van der Waals surface area contributed by atoms with Crippen LogP contribution >= 0.6 is 11.6 Å². The van der Waals surface area contributed by atoms with E-state index >= 15 is 0 Å². The highest BCUT2D eigenvalue weighted by molar-refractivity contribution is 6.33. The summed E-state index contributed by atoms with van der Waals surface area (Å²) in [6, 6.07) is 2.30. The fourth-order valence-electron chi connectivity index (χ4n) is 5.07. The number of pyridine rings is 1. The van der Waals surface area contributed by atoms with Gasteiger partial charge in [0.15, 0.2) is 5.82 Å². The molecule has 3 aliphatic carbocycles. The van der Waals surface area contributed by atoms with Crippen LogP contribution in [0.3, 0.4) is 0 Å². The minimum absolute atomic E-state index is 0.0113. The summed E-state index contributed by atoms with van der Waals surface area (Å²) in [7, 11) is 0. The molecule has 0 radical (unpaired) electrons. The van der Waals surface area contributed by atoms with Crippen molar-refractivity contribution in [2.75, 3.05) is 5.32 Å². The zero-order valence-electron chi connectivity index (χ0n) is 14.1. The van der Waals surface area contributed by atoms with Crippen LogP contribution in [0, 0.1) is 23.7 Å². The van der Waals surface area contributed by atoms with E-state index in [-0.39, 0.29) is 10.8 Å². The minimum Gasteiger partial charge on any atom is -0.379 e. The fraction of sp³-hybridized carbons (Fsp3) is 0.500. The van der Waals surface area contributed by atoms with Crippen LogP contribution < -0.4 is 10.9 Å². The molecule has 3 fully saturated rings. The summed E-state index contributed by atoms with van der Waals surface area (Å²) in [6.07, 6.45) is 1.52. The molecule has 9 heteroatoms. The maximum Gasteiger partial charge on any atom is 0.417 e. The summed E-state index contributed by atoms with van der Waals surface area (Å²) in [4.78, 5) is 16.2. The van der Waals surface area contributed by atoms with Gasteiger partial charge in [-0.15, -0.1) is 0 Å². The number of halogens is 4. The van der Waals surface area contributed by atoms with Gasteiger partial charge in [-0.1, -0.05) is 11.6 Å². The first-order valence-corrected chi connectivity index (χ1v) is 9.30. The Bertz CT molecular complexity index is 943. The molecule has 2 aromatic rings. The van der Waals surface area contributed by atoms with Gasteiger partial charge >= 0.3 is 6.18 Å². The Kier molecular flexibility index (Phi) is 3.60. The number of hydrogen-bond donors (Lipinski definition) is 1. The zero-order chi connectivity index (χ0) is 18.9. The number of hydrogen-bond acceptors (Lipinski definition) is 4. The molecule has 0 spiro atoms. The van der Waals surface area contributed by atoms with Gasteiger partial charge in [0.1, 0.15) is 5.02 Å². The number of nitrogens with one attached hydrogen (secondary N) is 1. The van der Waals surface area contributed by atoms with Crippen molar-refractivity contribution in [2.45, 2.75) is 31.5 Å². The van der Waals surface area contributed by atoms with Crippen LogP contribution in [0.15, 0.2) is 29.3 Å². The standard InChI is InChI=1S/C18H16ClF3N4O/c19-15-11(25-16-13-8-1-2-9(5-8)14(13)16)7-24-26(17(15)27)12-4-3-10(6-23-12)18(20,21)22/h3-4,6-9,13-14,16,25H,1-2,5H2. The summed E-state index contributed by atoms with van der Waals surface area (Å²) in [5.74, 6) is 2.88. The molecule has 4 unspecified atom stereocenters. The van der Waals surface area contributed by atoms with Gasteiger partial charge in [0.05, 0.1) is 17.4 Å². The molecular weight excluding hydrogens is 381 g/mol. The van der Waals surface area contributed by atoms with Crippen molar-refractivity contribution in [3.63, 3.8) is 0 Å². The molecule has 2 aromatic heterocycles. The smallest absolute Gasteiger partial charge is 0.379 e. The highest BCUT2D eigenvalue weighted by Crippen LogP contribution is 2.66. The van der Waals surface area contributed by atoms with Gasteiger partial charge in [-0.2, -0.15) is 23.0 Å². The van der Waals surface area contributed by atoms with Crippen molar-refractivity contribution in [3.8, 4) is 5.82 Å². The molecule has 2 bridgehead atoms. The van der Waals surface area contributed by atoms with E-state index in [1.165, 1.54) is 25.5 Å². The first-order chi connectivity index (χ1) is 12.8. The maximum absolute atomic E-state index is 12.6. The van der Waals surface area contributed by atoms with E-state index in [1.54, 1.807) is 0 Å². The van der Waals surface area contributed by atoms with Crippen molar-refractivity contribution >= 4 is 17.3 Å². The first-order valence-electron chi connectivity index (χ1n) is 8.92. The summed E-state index contributed by atoms with van der Waals surface area (Å²) >= 11 is 6.23. The van der Waals surface area contributed by atoms with Gasteiger partial charge in [0.2, 0.25) is 0 Å². The third-order valence-electron chi connectivity index (χ3n) is 6.27. The third-order valence-corrected chi connectivity index (χ3v) is 6.63. The lowest BCUT2D eigenvalue weighted by Gasteiger charge is -2.13. The van der Waals surface area contributed by atoms with Crippen molar-refractivity contribution in [1.29, 1.82) is 0 Å². The number of anilines is 1. The van der Waals surface area contributed by atoms with Crippen LogP contribution in [0.25, 0.3) is 5.82 Å². The van der Waals surface area contributed by atoms with Crippen molar-refractivity contribution in [2.24, 2.45) is 23.7 Å². The number of fused-ring (bicyclic) bond motifs is 5. The van der Waals surface area contributed by atoms with Crippen LogP contribution in [-0.2, 0) is 6.18 Å². The Labute approximate surface area is 157 Å². The largest absolute Gasteiger partial charge is 0.417 e. The molecule has 5 rings (SSSR count). The molecule has 2 heterocycles. The second-order valence-electron chi connectivity index (χ2n) is 7.65. The predicted octanol–water partition coefficient (Wildman–Crippen LogP) is 3.76. The molecule has 1 N–H and O–H groups in total. The van der Waals surface area contributed by atoms with E-state index in [0.717, 1.165) is 28.7 Å². The Balaban J connectivity index is 1.39. The SMILES string of the molecule is O=c1c(Cl)c(NC2C3C4CCC(C4)C23)cnn1-c1ccc(C(F)(F)F)cn1. The number of aromatic nitrogens is 3. The lowest BCUT2D eigenvalue weighted by molar-refractivity contribution is -0.137. The molecule has 5 nitrogen and oxygen atoms in total. The number of alkyl halides is 3. The van der Waals surface area contributed by atoms with Gasteiger partial charge < -0.3 is 5.32 Å². The average Bonchev–Trinajstić information content (AvgIpc) is 2.99. The first kappa shape index (κ1) is 17.0. The summed E-state index contributed by atoms with van der Waals surface area (Å²) in [6.45, 7) is 0. The lowest BCUT2D eigenvalue weighted by atomic mass is 10.0. The molecular formula is C18H16ClF3N4O. The molecule has 3 saturated carbocycles. The van der Waals surface area contributed by atoms with Crippen LogP contribution in [-0.4, -0.2) is 20.8 Å². The van der Waals surface area contributed by atoms with Gasteiger partial charge in [-0.05, 0) is 55.1 Å². The normalized spacial score (nSPS) is 31.0. The van der Waals surface area contributed by atoms with Crippen molar-refractivity contribution in [3.05, 3.63) is 45.5 Å².